The number of nitrogens with one attached hydrogen (secondary N) is 1. The van der Waals surface area contributed by atoms with Crippen molar-refractivity contribution in [1.29, 1.82) is 5.26 Å². The van der Waals surface area contributed by atoms with Crippen LogP contribution in [-0.4, -0.2) is 77.6 Å². The molecule has 0 bridgehead atoms. The van der Waals surface area contributed by atoms with Crippen LogP contribution in [0.1, 0.15) is 88.4 Å². The van der Waals surface area contributed by atoms with Gasteiger partial charge in [-0.2, -0.15) is 5.26 Å². The van der Waals surface area contributed by atoms with Crippen LogP contribution < -0.4 is 10.1 Å². The second-order valence-electron chi connectivity index (χ2n) is 13.6. The summed E-state index contributed by atoms with van der Waals surface area (Å²) in [6, 6.07) is 8.45. The van der Waals surface area contributed by atoms with Gasteiger partial charge in [0.15, 0.2) is 0 Å². The Bertz CT molecular complexity index is 1530. The molecule has 0 unspecified atom stereocenters. The average molecular weight is 741 g/mol. The molecule has 3 amide bonds. The van der Waals surface area contributed by atoms with Crippen LogP contribution in [-0.2, 0) is 30.5 Å². The van der Waals surface area contributed by atoms with Gasteiger partial charge in [0, 0.05) is 43.3 Å². The minimum absolute atomic E-state index is 0.0292. The predicted octanol–water partition coefficient (Wildman–Crippen LogP) is 5.68. The molecular formula is C36H46BrN5O7. The summed E-state index contributed by atoms with van der Waals surface area (Å²) < 4.78 is 17.0. The number of carbonyl (C=O) groups is 4. The molecule has 0 spiro atoms. The molecule has 0 saturated carbocycles. The summed E-state index contributed by atoms with van der Waals surface area (Å²) in [5.74, 6) is -0.318. The molecule has 2 aliphatic rings. The van der Waals surface area contributed by atoms with E-state index in [2.05, 4.69) is 32.3 Å². The summed E-state index contributed by atoms with van der Waals surface area (Å²) in [5.41, 5.74) is 1.42. The van der Waals surface area contributed by atoms with E-state index in [0.29, 0.717) is 72.7 Å². The Hall–Kier alpha value is -4.18. The lowest BCUT2D eigenvalue weighted by atomic mass is 9.91. The molecule has 264 valence electrons. The molecule has 1 N–H and O–H groups in total. The SMILES string of the molecule is COC(=O)C[C@H](NC(=O)[C@@H]1CCCN(C(=O)CCC2CCN(C(=O)OC(C)(C)C)CC2)C1)c1cncc(OCc2ccc(C#N)c(Br)c2)c1. The summed E-state index contributed by atoms with van der Waals surface area (Å²) >= 11 is 3.39. The minimum atomic E-state index is -0.710. The molecule has 2 saturated heterocycles. The predicted molar refractivity (Wildman–Crippen MR) is 184 cm³/mol. The Balaban J connectivity index is 1.30. The van der Waals surface area contributed by atoms with Crippen LogP contribution in [0.25, 0.3) is 0 Å². The molecular weight excluding hydrogens is 694 g/mol. The van der Waals surface area contributed by atoms with Crippen LogP contribution in [0.15, 0.2) is 41.1 Å². The van der Waals surface area contributed by atoms with E-state index in [4.69, 9.17) is 19.5 Å². The number of nitriles is 1. The van der Waals surface area contributed by atoms with E-state index in [1.807, 2.05) is 26.8 Å². The molecule has 2 fully saturated rings. The van der Waals surface area contributed by atoms with E-state index in [9.17, 15) is 19.2 Å². The highest BCUT2D eigenvalue weighted by atomic mass is 79.9. The highest BCUT2D eigenvalue weighted by Gasteiger charge is 2.32. The maximum atomic E-state index is 13.6. The molecule has 0 radical (unpaired) electrons. The number of methoxy groups -OCH3 is 1. The maximum Gasteiger partial charge on any atom is 0.410 e. The van der Waals surface area contributed by atoms with Gasteiger partial charge in [-0.15, -0.1) is 0 Å². The molecule has 2 aromatic rings. The third-order valence-corrected chi connectivity index (χ3v) is 9.44. The van der Waals surface area contributed by atoms with Gasteiger partial charge < -0.3 is 29.3 Å². The standard InChI is InChI=1S/C36H46BrN5O7/c1-36(2,3)49-35(46)41-14-11-24(12-15-41)8-10-32(43)42-13-5-6-27(22-42)34(45)40-31(18-33(44)47-4)28-17-29(21-39-20-28)48-23-25-7-9-26(19-38)30(37)16-25/h7,9,16-17,20-21,24,27,31H,5-6,8,10-15,18,22-23H2,1-4H3,(H,40,45)/t27-,31+/m1/s1. The topological polar surface area (TPSA) is 151 Å². The van der Waals surface area contributed by atoms with E-state index in [1.54, 1.807) is 40.4 Å². The summed E-state index contributed by atoms with van der Waals surface area (Å²) in [7, 11) is 1.30. The zero-order valence-corrected chi connectivity index (χ0v) is 30.3. The molecule has 12 nitrogen and oxygen atoms in total. The summed E-state index contributed by atoms with van der Waals surface area (Å²) in [4.78, 5) is 59.3. The maximum absolute atomic E-state index is 13.6. The molecule has 1 aromatic heterocycles. The Morgan fingerprint density at radius 2 is 1.84 bits per heavy atom. The third kappa shape index (κ3) is 11.4. The number of pyridine rings is 1. The number of hydrogen-bond acceptors (Lipinski definition) is 9. The van der Waals surface area contributed by atoms with Crippen LogP contribution in [0.3, 0.4) is 0 Å². The van der Waals surface area contributed by atoms with Gasteiger partial charge in [0.2, 0.25) is 11.8 Å². The third-order valence-electron chi connectivity index (χ3n) is 8.79. The first-order valence-corrected chi connectivity index (χ1v) is 17.5. The summed E-state index contributed by atoms with van der Waals surface area (Å²) in [5, 5.41) is 12.2. The van der Waals surface area contributed by atoms with Crippen LogP contribution >= 0.6 is 15.9 Å². The molecule has 1 aromatic carbocycles. The lowest BCUT2D eigenvalue weighted by Crippen LogP contribution is -2.46. The van der Waals surface area contributed by atoms with Crippen molar-refractivity contribution in [2.24, 2.45) is 11.8 Å². The number of piperidine rings is 2. The van der Waals surface area contributed by atoms with Crippen molar-refractivity contribution in [3.63, 3.8) is 0 Å². The van der Waals surface area contributed by atoms with Gasteiger partial charge in [0.1, 0.15) is 24.0 Å². The van der Waals surface area contributed by atoms with E-state index in [-0.39, 0.29) is 30.9 Å². The van der Waals surface area contributed by atoms with Crippen molar-refractivity contribution >= 4 is 39.8 Å². The van der Waals surface area contributed by atoms with Crippen molar-refractivity contribution in [3.05, 3.63) is 57.8 Å². The summed E-state index contributed by atoms with van der Waals surface area (Å²) in [6.45, 7) is 7.93. The lowest BCUT2D eigenvalue weighted by molar-refractivity contribution is -0.141. The number of likely N-dealkylation sites (tertiary alicyclic amines) is 2. The molecule has 49 heavy (non-hydrogen) atoms. The zero-order chi connectivity index (χ0) is 35.6. The Labute approximate surface area is 296 Å². The van der Waals surface area contributed by atoms with Crippen molar-refractivity contribution in [2.45, 2.75) is 84.0 Å². The first kappa shape index (κ1) is 37.6. The number of nitrogens with zero attached hydrogens (tertiary/aromatic N) is 4. The number of halogens is 1. The number of esters is 1. The van der Waals surface area contributed by atoms with E-state index in [0.717, 1.165) is 24.8 Å². The number of rotatable bonds is 11. The van der Waals surface area contributed by atoms with Crippen LogP contribution in [0.5, 0.6) is 5.75 Å². The van der Waals surface area contributed by atoms with Crippen molar-refractivity contribution in [3.8, 4) is 11.8 Å². The molecule has 13 heteroatoms. The number of amides is 3. The number of aromatic nitrogens is 1. The van der Waals surface area contributed by atoms with Gasteiger partial charge >= 0.3 is 12.1 Å². The van der Waals surface area contributed by atoms with Crippen LogP contribution in [0, 0.1) is 23.2 Å². The number of benzene rings is 1. The quantitative estimate of drug-likeness (QED) is 0.287. The second kappa shape index (κ2) is 17.5. The molecule has 3 heterocycles. The van der Waals surface area contributed by atoms with Gasteiger partial charge in [-0.25, -0.2) is 4.79 Å². The zero-order valence-electron chi connectivity index (χ0n) is 28.7. The Morgan fingerprint density at radius 1 is 1.08 bits per heavy atom. The highest BCUT2D eigenvalue weighted by molar-refractivity contribution is 9.10. The van der Waals surface area contributed by atoms with Gasteiger partial charge in [-0.05, 0) is 104 Å². The lowest BCUT2D eigenvalue weighted by Gasteiger charge is -2.35. The smallest absolute Gasteiger partial charge is 0.410 e. The van der Waals surface area contributed by atoms with Gasteiger partial charge in [-0.1, -0.05) is 6.07 Å². The van der Waals surface area contributed by atoms with Gasteiger partial charge in [-0.3, -0.25) is 19.4 Å². The summed E-state index contributed by atoms with van der Waals surface area (Å²) in [6.07, 6.45) is 6.86. The van der Waals surface area contributed by atoms with E-state index >= 15 is 0 Å². The van der Waals surface area contributed by atoms with Gasteiger partial charge in [0.25, 0.3) is 0 Å². The number of hydrogen-bond donors (Lipinski definition) is 1. The highest BCUT2D eigenvalue weighted by Crippen LogP contribution is 2.27. The first-order chi connectivity index (χ1) is 23.3. The molecule has 2 aliphatic heterocycles. The molecule has 2 atom stereocenters. The van der Waals surface area contributed by atoms with Crippen LogP contribution in [0.2, 0.25) is 0 Å². The molecule has 4 rings (SSSR count). The van der Waals surface area contributed by atoms with Crippen molar-refractivity contribution < 1.29 is 33.4 Å². The fraction of sp³-hybridized carbons (Fsp3) is 0.556. The van der Waals surface area contributed by atoms with E-state index < -0.39 is 23.5 Å². The van der Waals surface area contributed by atoms with Gasteiger partial charge in [0.05, 0.1) is 37.3 Å². The largest absolute Gasteiger partial charge is 0.487 e. The van der Waals surface area contributed by atoms with E-state index in [1.165, 1.54) is 7.11 Å². The number of carbonyl (C=O) groups excluding carboxylic acids is 4. The van der Waals surface area contributed by atoms with Crippen molar-refractivity contribution in [2.75, 3.05) is 33.3 Å². The van der Waals surface area contributed by atoms with Crippen molar-refractivity contribution in [1.82, 2.24) is 20.1 Å². The fourth-order valence-corrected chi connectivity index (χ4v) is 6.55. The van der Waals surface area contributed by atoms with Crippen LogP contribution in [0.4, 0.5) is 4.79 Å². The Kier molecular flexibility index (Phi) is 13.4. The fourth-order valence-electron chi connectivity index (χ4n) is 6.04. The normalized spacial score (nSPS) is 17.4. The second-order valence-corrected chi connectivity index (χ2v) is 14.5. The Morgan fingerprint density at radius 3 is 2.51 bits per heavy atom. The minimum Gasteiger partial charge on any atom is -0.487 e. The average Bonchev–Trinajstić information content (AvgIpc) is 3.09. The number of ether oxygens (including phenoxy) is 3. The monoisotopic (exact) mass is 739 g/mol. The first-order valence-electron chi connectivity index (χ1n) is 16.7. The molecule has 0 aliphatic carbocycles.